The van der Waals surface area contributed by atoms with E-state index in [4.69, 9.17) is 0 Å². The van der Waals surface area contributed by atoms with Crippen molar-refractivity contribution in [1.29, 1.82) is 0 Å². The number of rotatable bonds is 6. The molecule has 0 saturated heterocycles. The van der Waals surface area contributed by atoms with Crippen LogP contribution in [0, 0.1) is 20.8 Å². The lowest BCUT2D eigenvalue weighted by Gasteiger charge is -2.15. The summed E-state index contributed by atoms with van der Waals surface area (Å²) in [6, 6.07) is 3.20. The number of halogens is 6. The standard InChI is InChI=1S/C21H21F6N7O/c1-11-12(2)33-34(13(11)3)18-5-4-17(31-32-18)28-6-7-29-19(35)30-16-9-14(20(22,23)24)8-15(10-16)21(25,26)27/h4-5,8-10H,6-7H2,1-3H3,(H,28,31)(H2,29,30,35). The largest absolute Gasteiger partial charge is 0.416 e. The molecular formula is C21H21F6N7O. The van der Waals surface area contributed by atoms with Gasteiger partial charge in [0, 0.05) is 24.5 Å². The van der Waals surface area contributed by atoms with Crippen LogP contribution in [0.3, 0.4) is 0 Å². The fourth-order valence-electron chi connectivity index (χ4n) is 3.05. The number of benzene rings is 1. The molecule has 2 aromatic heterocycles. The highest BCUT2D eigenvalue weighted by Crippen LogP contribution is 2.37. The van der Waals surface area contributed by atoms with Crippen molar-refractivity contribution in [3.05, 3.63) is 58.4 Å². The third-order valence-electron chi connectivity index (χ3n) is 5.08. The summed E-state index contributed by atoms with van der Waals surface area (Å²) >= 11 is 0. The molecule has 3 rings (SSSR count). The lowest BCUT2D eigenvalue weighted by molar-refractivity contribution is -0.143. The third-order valence-corrected chi connectivity index (χ3v) is 5.08. The summed E-state index contributed by atoms with van der Waals surface area (Å²) in [6.45, 7) is 5.90. The summed E-state index contributed by atoms with van der Waals surface area (Å²) in [5, 5.41) is 19.7. The molecule has 0 bridgehead atoms. The third kappa shape index (κ3) is 6.39. The van der Waals surface area contributed by atoms with Crippen LogP contribution in [-0.2, 0) is 12.4 Å². The maximum Gasteiger partial charge on any atom is 0.416 e. The molecule has 14 heteroatoms. The lowest BCUT2D eigenvalue weighted by Crippen LogP contribution is -2.33. The highest BCUT2D eigenvalue weighted by molar-refractivity contribution is 5.89. The minimum absolute atomic E-state index is 0.00297. The van der Waals surface area contributed by atoms with Crippen molar-refractivity contribution >= 4 is 17.5 Å². The van der Waals surface area contributed by atoms with Crippen molar-refractivity contribution in [2.24, 2.45) is 0 Å². The second kappa shape index (κ2) is 9.80. The van der Waals surface area contributed by atoms with Crippen LogP contribution < -0.4 is 16.0 Å². The minimum atomic E-state index is -5.01. The Bertz CT molecular complexity index is 1170. The summed E-state index contributed by atoms with van der Waals surface area (Å²) in [5.41, 5.74) is -0.855. The molecule has 0 aliphatic heterocycles. The number of aromatic nitrogens is 4. The van der Waals surface area contributed by atoms with E-state index in [1.807, 2.05) is 26.1 Å². The molecule has 2 heterocycles. The van der Waals surface area contributed by atoms with Gasteiger partial charge in [-0.2, -0.15) is 31.4 Å². The van der Waals surface area contributed by atoms with Crippen LogP contribution in [0.5, 0.6) is 0 Å². The van der Waals surface area contributed by atoms with E-state index >= 15 is 0 Å². The first-order chi connectivity index (χ1) is 16.3. The van der Waals surface area contributed by atoms with E-state index in [0.717, 1.165) is 17.0 Å². The molecule has 3 aromatic rings. The average Bonchev–Trinajstić information content (AvgIpc) is 3.03. The molecule has 0 unspecified atom stereocenters. The molecule has 8 nitrogen and oxygen atoms in total. The number of urea groups is 1. The van der Waals surface area contributed by atoms with Crippen LogP contribution in [0.25, 0.3) is 5.82 Å². The molecule has 0 aliphatic rings. The van der Waals surface area contributed by atoms with Crippen LogP contribution in [0.4, 0.5) is 42.6 Å². The van der Waals surface area contributed by atoms with Gasteiger partial charge in [-0.25, -0.2) is 9.48 Å². The monoisotopic (exact) mass is 501 g/mol. The van der Waals surface area contributed by atoms with E-state index < -0.39 is 35.2 Å². The number of amides is 2. The maximum absolute atomic E-state index is 12.9. The van der Waals surface area contributed by atoms with Crippen molar-refractivity contribution in [2.45, 2.75) is 33.1 Å². The van der Waals surface area contributed by atoms with Crippen molar-refractivity contribution < 1.29 is 31.1 Å². The summed E-state index contributed by atoms with van der Waals surface area (Å²) in [7, 11) is 0. The summed E-state index contributed by atoms with van der Waals surface area (Å²) < 4.78 is 79.2. The van der Waals surface area contributed by atoms with Crippen LogP contribution >= 0.6 is 0 Å². The normalized spacial score (nSPS) is 11.9. The summed E-state index contributed by atoms with van der Waals surface area (Å²) in [6.07, 6.45) is -10.0. The first-order valence-corrected chi connectivity index (χ1v) is 10.2. The van der Waals surface area contributed by atoms with Crippen molar-refractivity contribution in [3.8, 4) is 5.82 Å². The predicted octanol–water partition coefficient (Wildman–Crippen LogP) is 4.86. The topological polar surface area (TPSA) is 96.8 Å². The number of hydrogen-bond acceptors (Lipinski definition) is 5. The van der Waals surface area contributed by atoms with Gasteiger partial charge in [0.25, 0.3) is 0 Å². The number of carbonyl (C=O) groups excluding carboxylic acids is 1. The maximum atomic E-state index is 12.9. The van der Waals surface area contributed by atoms with Gasteiger partial charge in [0.2, 0.25) is 0 Å². The minimum Gasteiger partial charge on any atom is -0.367 e. The van der Waals surface area contributed by atoms with Crippen LogP contribution in [0.1, 0.15) is 28.1 Å². The van der Waals surface area contributed by atoms with Crippen molar-refractivity contribution in [1.82, 2.24) is 25.3 Å². The molecule has 0 saturated carbocycles. The smallest absolute Gasteiger partial charge is 0.367 e. The number of anilines is 2. The molecule has 188 valence electrons. The zero-order valence-electron chi connectivity index (χ0n) is 18.8. The molecule has 0 atom stereocenters. The van der Waals surface area contributed by atoms with Gasteiger partial charge < -0.3 is 16.0 Å². The van der Waals surface area contributed by atoms with E-state index in [9.17, 15) is 31.1 Å². The zero-order valence-corrected chi connectivity index (χ0v) is 18.8. The number of carbonyl (C=O) groups is 1. The molecule has 0 fully saturated rings. The Morgan fingerprint density at radius 3 is 2.03 bits per heavy atom. The van der Waals surface area contributed by atoms with Gasteiger partial charge >= 0.3 is 18.4 Å². The second-order valence-electron chi connectivity index (χ2n) is 7.59. The Morgan fingerprint density at radius 1 is 0.914 bits per heavy atom. The fourth-order valence-corrected chi connectivity index (χ4v) is 3.05. The highest BCUT2D eigenvalue weighted by Gasteiger charge is 2.37. The quantitative estimate of drug-likeness (QED) is 0.331. The Labute approximate surface area is 195 Å². The van der Waals surface area contributed by atoms with E-state index in [1.165, 1.54) is 0 Å². The lowest BCUT2D eigenvalue weighted by atomic mass is 10.1. The molecule has 0 spiro atoms. The molecule has 3 N–H and O–H groups in total. The number of nitrogens with one attached hydrogen (secondary N) is 3. The van der Waals surface area contributed by atoms with Gasteiger partial charge in [0.15, 0.2) is 5.82 Å². The van der Waals surface area contributed by atoms with Gasteiger partial charge in [0.05, 0.1) is 16.8 Å². The zero-order chi connectivity index (χ0) is 26.0. The van der Waals surface area contributed by atoms with Gasteiger partial charge in [-0.1, -0.05) is 0 Å². The Morgan fingerprint density at radius 2 is 1.54 bits per heavy atom. The number of alkyl halides is 6. The van der Waals surface area contributed by atoms with Gasteiger partial charge in [-0.15, -0.1) is 10.2 Å². The van der Waals surface area contributed by atoms with Crippen molar-refractivity contribution in [3.63, 3.8) is 0 Å². The Kier molecular flexibility index (Phi) is 7.22. The van der Waals surface area contributed by atoms with Crippen LogP contribution in [-0.4, -0.2) is 39.1 Å². The molecule has 35 heavy (non-hydrogen) atoms. The van der Waals surface area contributed by atoms with Gasteiger partial charge in [-0.3, -0.25) is 0 Å². The van der Waals surface area contributed by atoms with Gasteiger partial charge in [-0.05, 0) is 56.7 Å². The molecule has 0 radical (unpaired) electrons. The van der Waals surface area contributed by atoms with Crippen LogP contribution in [0.2, 0.25) is 0 Å². The second-order valence-corrected chi connectivity index (χ2v) is 7.59. The molecular weight excluding hydrogens is 480 g/mol. The Balaban J connectivity index is 1.54. The Hall–Kier alpha value is -3.84. The molecule has 2 amide bonds. The highest BCUT2D eigenvalue weighted by atomic mass is 19.4. The van der Waals surface area contributed by atoms with E-state index in [1.54, 1.807) is 16.8 Å². The van der Waals surface area contributed by atoms with E-state index in [-0.39, 0.29) is 19.2 Å². The predicted molar refractivity (Wildman–Crippen MR) is 115 cm³/mol. The van der Waals surface area contributed by atoms with E-state index in [2.05, 4.69) is 25.9 Å². The number of hydrogen-bond donors (Lipinski definition) is 3. The van der Waals surface area contributed by atoms with E-state index in [0.29, 0.717) is 23.8 Å². The summed E-state index contributed by atoms with van der Waals surface area (Å²) in [5.74, 6) is 0.906. The summed E-state index contributed by atoms with van der Waals surface area (Å²) in [4.78, 5) is 12.0. The first-order valence-electron chi connectivity index (χ1n) is 10.2. The average molecular weight is 501 g/mol. The fraction of sp³-hybridized carbons (Fsp3) is 0.333. The first kappa shape index (κ1) is 25.8. The van der Waals surface area contributed by atoms with Gasteiger partial charge in [0.1, 0.15) is 5.82 Å². The SMILES string of the molecule is Cc1nn(-c2ccc(NCCNC(=O)Nc3cc(C(F)(F)F)cc(C(F)(F)F)c3)nn2)c(C)c1C. The molecule has 1 aromatic carbocycles. The van der Waals surface area contributed by atoms with Crippen LogP contribution in [0.15, 0.2) is 30.3 Å². The number of aryl methyl sites for hydroxylation is 1. The number of nitrogens with zero attached hydrogens (tertiary/aromatic N) is 4. The van der Waals surface area contributed by atoms with Crippen molar-refractivity contribution in [2.75, 3.05) is 23.7 Å². The molecule has 0 aliphatic carbocycles.